The van der Waals surface area contributed by atoms with E-state index in [1.165, 1.54) is 0 Å². The van der Waals surface area contributed by atoms with Crippen LogP contribution in [0.2, 0.25) is 0 Å². The number of carbonyl (C=O) groups is 6. The van der Waals surface area contributed by atoms with E-state index in [4.69, 9.17) is 10.7 Å². The number of imide groups is 2. The van der Waals surface area contributed by atoms with E-state index in [0.717, 1.165) is 107 Å². The molecule has 19 nitrogen and oxygen atoms in total. The van der Waals surface area contributed by atoms with Crippen LogP contribution in [0.25, 0.3) is 0 Å². The second-order valence-corrected chi connectivity index (χ2v) is 17.8. The van der Waals surface area contributed by atoms with Gasteiger partial charge in [-0.1, -0.05) is 0 Å². The first-order valence-corrected chi connectivity index (χ1v) is 21.8. The number of anilines is 5. The molecule has 324 valence electrons. The number of nitrogens with two attached hydrogens (primary N) is 1. The topological polar surface area (TPSA) is 214 Å². The fourth-order valence-electron chi connectivity index (χ4n) is 10.7. The smallest absolute Gasteiger partial charge is 0.320 e. The average Bonchev–Trinajstić information content (AvgIpc) is 4.04. The Bertz CT molecular complexity index is 2330. The van der Waals surface area contributed by atoms with E-state index in [1.807, 2.05) is 30.1 Å². The normalized spacial score (nSPS) is 25.7. The van der Waals surface area contributed by atoms with Crippen molar-refractivity contribution in [2.24, 2.45) is 17.6 Å². The number of piperazine rings is 1. The number of rotatable bonds is 10. The Morgan fingerprint density at radius 3 is 2.16 bits per heavy atom. The van der Waals surface area contributed by atoms with Gasteiger partial charge in [-0.25, -0.2) is 4.79 Å². The minimum atomic E-state index is -0.977. The van der Waals surface area contributed by atoms with Crippen molar-refractivity contribution in [3.63, 3.8) is 0 Å². The highest BCUT2D eigenvalue weighted by molar-refractivity contribution is 6.23. The number of amides is 7. The SMILES string of the molecule is CN1CCN(C2CC3CC2N(c2nnc(C(N)=O)c(Nc4ccc(N5CCN(CC6CCN(c7ccc8c(c7)C(=O)N(C7CCC(=O)NC7=O)C8=O)CC6)CC5)cc4)n2)C3)C1=O. The number of carbonyl (C=O) groups excluding carboxylic acids is 6. The summed E-state index contributed by atoms with van der Waals surface area (Å²) in [5, 5.41) is 14.1. The molecule has 2 aromatic carbocycles. The van der Waals surface area contributed by atoms with Gasteiger partial charge in [-0.3, -0.25) is 39.1 Å². The number of nitrogens with zero attached hydrogens (tertiary/aromatic N) is 10. The van der Waals surface area contributed by atoms with Gasteiger partial charge in [0.1, 0.15) is 6.04 Å². The van der Waals surface area contributed by atoms with E-state index in [-0.39, 0.29) is 42.5 Å². The Morgan fingerprint density at radius 2 is 1.48 bits per heavy atom. The van der Waals surface area contributed by atoms with Gasteiger partial charge in [-0.15, -0.1) is 10.2 Å². The molecule has 1 aliphatic carbocycles. The van der Waals surface area contributed by atoms with Crippen LogP contribution in [0.15, 0.2) is 42.5 Å². The molecule has 7 heterocycles. The molecule has 6 fully saturated rings. The molecule has 62 heavy (non-hydrogen) atoms. The number of fused-ring (bicyclic) bond motifs is 3. The summed E-state index contributed by atoms with van der Waals surface area (Å²) in [5.74, 6) is -1.04. The van der Waals surface area contributed by atoms with E-state index in [2.05, 4.69) is 52.6 Å². The zero-order valence-corrected chi connectivity index (χ0v) is 34.7. The Balaban J connectivity index is 0.711. The largest absolute Gasteiger partial charge is 0.371 e. The lowest BCUT2D eigenvalue weighted by Gasteiger charge is -2.40. The van der Waals surface area contributed by atoms with Gasteiger partial charge >= 0.3 is 6.03 Å². The van der Waals surface area contributed by atoms with Gasteiger partial charge in [-0.05, 0) is 86.4 Å². The van der Waals surface area contributed by atoms with E-state index in [1.54, 1.807) is 17.0 Å². The molecule has 10 rings (SSSR count). The van der Waals surface area contributed by atoms with Gasteiger partial charge in [0.05, 0.1) is 23.2 Å². The van der Waals surface area contributed by atoms with Gasteiger partial charge in [0.2, 0.25) is 17.8 Å². The Labute approximate surface area is 358 Å². The van der Waals surface area contributed by atoms with Crippen molar-refractivity contribution in [1.29, 1.82) is 0 Å². The van der Waals surface area contributed by atoms with Crippen LogP contribution >= 0.6 is 0 Å². The third-order valence-electron chi connectivity index (χ3n) is 14.1. The van der Waals surface area contributed by atoms with Crippen LogP contribution in [0.4, 0.5) is 33.6 Å². The second kappa shape index (κ2) is 15.8. The molecule has 2 bridgehead atoms. The van der Waals surface area contributed by atoms with Gasteiger partial charge in [0, 0.05) is 96.0 Å². The maximum absolute atomic E-state index is 13.4. The molecule has 1 aromatic heterocycles. The van der Waals surface area contributed by atoms with Crippen LogP contribution < -0.4 is 31.1 Å². The van der Waals surface area contributed by atoms with E-state index in [9.17, 15) is 28.8 Å². The number of hydrogen-bond acceptors (Lipinski definition) is 14. The number of primary amides is 1. The highest BCUT2D eigenvalue weighted by Gasteiger charge is 2.51. The summed E-state index contributed by atoms with van der Waals surface area (Å²) in [6, 6.07) is 12.7. The van der Waals surface area contributed by atoms with Crippen molar-refractivity contribution in [2.45, 2.75) is 56.7 Å². The van der Waals surface area contributed by atoms with Crippen molar-refractivity contribution >= 4 is 64.4 Å². The fraction of sp³-hybridized carbons (Fsp3) is 0.512. The maximum atomic E-state index is 13.4. The maximum Gasteiger partial charge on any atom is 0.320 e. The van der Waals surface area contributed by atoms with E-state index < -0.39 is 35.6 Å². The zero-order chi connectivity index (χ0) is 42.8. The summed E-state index contributed by atoms with van der Waals surface area (Å²) in [4.78, 5) is 94.7. The average molecular weight is 846 g/mol. The molecule has 1 saturated carbocycles. The number of aromatic nitrogens is 3. The van der Waals surface area contributed by atoms with Crippen LogP contribution in [-0.4, -0.2) is 161 Å². The number of likely N-dealkylation sites (N-methyl/N-ethyl adjacent to an activating group) is 1. The molecular weight excluding hydrogens is 795 g/mol. The van der Waals surface area contributed by atoms with Crippen molar-refractivity contribution in [3.05, 3.63) is 59.3 Å². The molecule has 7 aliphatic rings. The van der Waals surface area contributed by atoms with Crippen LogP contribution in [0.3, 0.4) is 0 Å². The molecule has 4 unspecified atom stereocenters. The molecule has 6 aliphatic heterocycles. The summed E-state index contributed by atoms with van der Waals surface area (Å²) in [7, 11) is 1.84. The van der Waals surface area contributed by atoms with Crippen LogP contribution in [0.1, 0.15) is 69.7 Å². The molecule has 4 atom stereocenters. The molecule has 7 amide bonds. The fourth-order valence-corrected chi connectivity index (χ4v) is 10.7. The second-order valence-electron chi connectivity index (χ2n) is 17.8. The minimum absolute atomic E-state index is 0.0330. The van der Waals surface area contributed by atoms with E-state index in [0.29, 0.717) is 35.5 Å². The summed E-state index contributed by atoms with van der Waals surface area (Å²) in [5.41, 5.74) is 9.02. The van der Waals surface area contributed by atoms with Crippen LogP contribution in [-0.2, 0) is 9.59 Å². The van der Waals surface area contributed by atoms with Crippen molar-refractivity contribution < 1.29 is 28.8 Å². The first kappa shape index (κ1) is 39.7. The molecule has 5 saturated heterocycles. The third kappa shape index (κ3) is 7.20. The summed E-state index contributed by atoms with van der Waals surface area (Å²) >= 11 is 0. The molecule has 0 radical (unpaired) electrons. The number of nitrogens with one attached hydrogen (secondary N) is 2. The minimum Gasteiger partial charge on any atom is -0.371 e. The monoisotopic (exact) mass is 845 g/mol. The Morgan fingerprint density at radius 1 is 0.790 bits per heavy atom. The van der Waals surface area contributed by atoms with E-state index >= 15 is 0 Å². The van der Waals surface area contributed by atoms with Gasteiger partial charge in [-0.2, -0.15) is 4.98 Å². The predicted molar refractivity (Wildman–Crippen MR) is 227 cm³/mol. The molecule has 19 heteroatoms. The highest BCUT2D eigenvalue weighted by atomic mass is 16.2. The van der Waals surface area contributed by atoms with Gasteiger partial charge in [0.15, 0.2) is 11.5 Å². The first-order valence-electron chi connectivity index (χ1n) is 21.8. The summed E-state index contributed by atoms with van der Waals surface area (Å²) in [6.45, 7) is 8.60. The highest BCUT2D eigenvalue weighted by Crippen LogP contribution is 2.43. The molecule has 3 aromatic rings. The molecular formula is C43H51N13O6. The quantitative estimate of drug-likeness (QED) is 0.247. The van der Waals surface area contributed by atoms with Crippen molar-refractivity contribution in [1.82, 2.24) is 40.1 Å². The summed E-state index contributed by atoms with van der Waals surface area (Å²) < 4.78 is 0. The lowest BCUT2D eigenvalue weighted by molar-refractivity contribution is -0.136. The Kier molecular flexibility index (Phi) is 10.1. The van der Waals surface area contributed by atoms with Gasteiger partial charge < -0.3 is 35.6 Å². The zero-order valence-electron chi connectivity index (χ0n) is 34.7. The standard InChI is InChI=1S/C43H51N13O6/c1-50-14-19-54(43(50)62)33-20-26-21-34(33)55(24-26)42-47-38(36(37(44)58)48-49-42)45-27-2-4-28(5-3-27)53-17-15-51(16-18-53)23-25-10-12-52(13-11-25)29-6-7-30-31(22-29)41(61)56(40(30)60)32-8-9-35(57)46-39(32)59/h2-7,22,25-26,32-34H,8-21,23-24H2,1H3,(H2,44,58)(H,45,47,49)(H,46,57,59). The number of urea groups is 1. The number of hydrogen-bond donors (Lipinski definition) is 3. The van der Waals surface area contributed by atoms with Crippen LogP contribution in [0.5, 0.6) is 0 Å². The number of benzene rings is 2. The third-order valence-corrected chi connectivity index (χ3v) is 14.1. The number of piperidine rings is 3. The predicted octanol–water partition coefficient (Wildman–Crippen LogP) is 1.49. The van der Waals surface area contributed by atoms with Crippen molar-refractivity contribution in [3.8, 4) is 0 Å². The van der Waals surface area contributed by atoms with Crippen LogP contribution in [0, 0.1) is 11.8 Å². The lowest BCUT2D eigenvalue weighted by Crippen LogP contribution is -2.54. The summed E-state index contributed by atoms with van der Waals surface area (Å²) in [6.07, 6.45) is 4.17. The first-order chi connectivity index (χ1) is 30.0. The Hall–Kier alpha value is -6.37. The molecule has 0 spiro atoms. The van der Waals surface area contributed by atoms with Gasteiger partial charge in [0.25, 0.3) is 17.7 Å². The lowest BCUT2D eigenvalue weighted by atomic mass is 9.95. The van der Waals surface area contributed by atoms with Crippen molar-refractivity contribution in [2.75, 3.05) is 92.5 Å². The molecule has 4 N–H and O–H groups in total.